The van der Waals surface area contributed by atoms with Crippen LogP contribution < -0.4 is 11.1 Å². The molecule has 0 atom stereocenters. The maximum absolute atomic E-state index is 14.1. The topological polar surface area (TPSA) is 124 Å². The average molecular weight is 843 g/mol. The van der Waals surface area contributed by atoms with Crippen molar-refractivity contribution in [1.29, 1.82) is 0 Å². The molecule has 0 bridgehead atoms. The van der Waals surface area contributed by atoms with Crippen LogP contribution in [-0.4, -0.2) is 52.3 Å². The lowest BCUT2D eigenvalue weighted by molar-refractivity contribution is 0.614. The quantitative estimate of drug-likeness (QED) is 0.115. The highest BCUT2D eigenvalue weighted by atomic mass is 35.5. The number of anilines is 1. The molecule has 2 aromatic carbocycles. The van der Waals surface area contributed by atoms with E-state index >= 15 is 0 Å². The van der Waals surface area contributed by atoms with E-state index in [2.05, 4.69) is 49.3 Å². The Labute approximate surface area is 353 Å². The minimum Gasteiger partial charge on any atom is -0.370 e. The maximum atomic E-state index is 14.1. The standard InChI is InChI=1S/C23H19F2N5.C12H14FN.C11H6ClFN4/c1-14-9-19-18(3-2-4-20(19)25)17(14)5-7-27-23-11-21(15-10-16(24)13-26-12-15)29-22-6-8-28-30(22)23;1-8-7-11-10(9(8)5-6-14)3-2-4-12(11)13;12-10-4-9(7-3-8(13)6-14-5-7)16-11-1-2-15-17(10)11/h2-4,6,8,10-13,27H,5,7,9H2,1H3;2-4H,5-7,14H2,1H3;1-6H. The second-order valence-electron chi connectivity index (χ2n) is 14.6. The first-order chi connectivity index (χ1) is 29.6. The summed E-state index contributed by atoms with van der Waals surface area (Å²) in [4.78, 5) is 16.6. The SMILES string of the molecule is CC1=C(CCN)c2cccc(F)c2C1.CC1=C(CCNc2cc(-c3cncc(F)c3)nc3ccnn23)c2cccc(F)c2C1.Fc1cncc(-c2cc(Cl)n3nccc3n2)c1. The second-order valence-corrected chi connectivity index (χ2v) is 15.0. The van der Waals surface area contributed by atoms with Gasteiger partial charge in [0.25, 0.3) is 0 Å². The fourth-order valence-electron chi connectivity index (χ4n) is 7.72. The Morgan fingerprint density at radius 2 is 1.18 bits per heavy atom. The van der Waals surface area contributed by atoms with E-state index < -0.39 is 11.6 Å². The molecule has 0 aliphatic heterocycles. The summed E-state index contributed by atoms with van der Waals surface area (Å²) in [6.45, 7) is 5.39. The molecule has 10 rings (SSSR count). The number of hydrogen-bond acceptors (Lipinski definition) is 8. The largest absolute Gasteiger partial charge is 0.370 e. The lowest BCUT2D eigenvalue weighted by atomic mass is 10.0. The highest BCUT2D eigenvalue weighted by Crippen LogP contribution is 2.37. The van der Waals surface area contributed by atoms with Crippen LogP contribution in [0.1, 0.15) is 48.9 Å². The van der Waals surface area contributed by atoms with Crippen LogP contribution >= 0.6 is 11.6 Å². The molecule has 15 heteroatoms. The maximum Gasteiger partial charge on any atom is 0.157 e. The van der Waals surface area contributed by atoms with Gasteiger partial charge in [0.2, 0.25) is 0 Å². The predicted molar refractivity (Wildman–Crippen MR) is 230 cm³/mol. The smallest absolute Gasteiger partial charge is 0.157 e. The summed E-state index contributed by atoms with van der Waals surface area (Å²) < 4.78 is 57.4. The van der Waals surface area contributed by atoms with Gasteiger partial charge in [-0.3, -0.25) is 9.97 Å². The van der Waals surface area contributed by atoms with Gasteiger partial charge in [0.15, 0.2) is 11.3 Å². The van der Waals surface area contributed by atoms with Crippen LogP contribution in [-0.2, 0) is 12.8 Å². The van der Waals surface area contributed by atoms with E-state index in [1.54, 1.807) is 53.4 Å². The van der Waals surface area contributed by atoms with Gasteiger partial charge in [-0.15, -0.1) is 0 Å². The van der Waals surface area contributed by atoms with E-state index in [4.69, 9.17) is 17.3 Å². The number of pyridine rings is 2. The first-order valence-corrected chi connectivity index (χ1v) is 19.9. The van der Waals surface area contributed by atoms with Crippen molar-refractivity contribution in [3.63, 3.8) is 0 Å². The Morgan fingerprint density at radius 3 is 1.74 bits per heavy atom. The molecule has 6 heterocycles. The molecule has 8 aromatic rings. The van der Waals surface area contributed by atoms with E-state index in [1.165, 1.54) is 63.5 Å². The fourth-order valence-corrected chi connectivity index (χ4v) is 7.95. The van der Waals surface area contributed by atoms with Crippen molar-refractivity contribution < 1.29 is 17.6 Å². The van der Waals surface area contributed by atoms with Gasteiger partial charge >= 0.3 is 0 Å². The normalized spacial score (nSPS) is 12.9. The van der Waals surface area contributed by atoms with Crippen LogP contribution in [0.2, 0.25) is 5.15 Å². The first kappa shape index (κ1) is 41.0. The number of benzene rings is 2. The van der Waals surface area contributed by atoms with Crippen molar-refractivity contribution in [2.75, 3.05) is 18.4 Å². The van der Waals surface area contributed by atoms with Crippen LogP contribution in [0.5, 0.6) is 0 Å². The van der Waals surface area contributed by atoms with Gasteiger partial charge in [-0.05, 0) is 104 Å². The third-order valence-electron chi connectivity index (χ3n) is 10.6. The van der Waals surface area contributed by atoms with Crippen LogP contribution in [0.3, 0.4) is 0 Å². The third-order valence-corrected chi connectivity index (χ3v) is 10.8. The Kier molecular flexibility index (Phi) is 12.0. The molecular weight excluding hydrogens is 804 g/mol. The number of nitrogens with zero attached hydrogens (tertiary/aromatic N) is 8. The van der Waals surface area contributed by atoms with E-state index in [0.717, 1.165) is 53.5 Å². The summed E-state index contributed by atoms with van der Waals surface area (Å²) >= 11 is 6.04. The van der Waals surface area contributed by atoms with Crippen molar-refractivity contribution >= 4 is 39.9 Å². The Hall–Kier alpha value is -6.77. The summed E-state index contributed by atoms with van der Waals surface area (Å²) in [6.07, 6.45) is 11.7. The van der Waals surface area contributed by atoms with Crippen LogP contribution in [0.15, 0.2) is 121 Å². The lowest BCUT2D eigenvalue weighted by Crippen LogP contribution is -2.08. The molecule has 0 fully saturated rings. The molecule has 0 unspecified atom stereocenters. The van der Waals surface area contributed by atoms with Crippen LogP contribution in [0.25, 0.3) is 45.0 Å². The van der Waals surface area contributed by atoms with E-state index in [9.17, 15) is 17.6 Å². The van der Waals surface area contributed by atoms with E-state index in [-0.39, 0.29) is 11.6 Å². The molecule has 10 nitrogen and oxygen atoms in total. The fraction of sp³-hybridized carbons (Fsp3) is 0.174. The number of halogens is 5. The molecular formula is C46H39ClF4N10. The molecule has 308 valence electrons. The summed E-state index contributed by atoms with van der Waals surface area (Å²) in [6, 6.07) is 20.3. The predicted octanol–water partition coefficient (Wildman–Crippen LogP) is 9.99. The lowest BCUT2D eigenvalue weighted by Gasteiger charge is -2.12. The number of hydrogen-bond donors (Lipinski definition) is 2. The van der Waals surface area contributed by atoms with Crippen molar-refractivity contribution in [2.45, 2.75) is 39.5 Å². The molecule has 3 N–H and O–H groups in total. The third kappa shape index (κ3) is 8.77. The summed E-state index contributed by atoms with van der Waals surface area (Å²) in [7, 11) is 0. The molecule has 2 aliphatic carbocycles. The van der Waals surface area contributed by atoms with Crippen molar-refractivity contribution in [1.82, 2.24) is 39.2 Å². The minimum atomic E-state index is -0.410. The van der Waals surface area contributed by atoms with E-state index in [1.807, 2.05) is 18.2 Å². The van der Waals surface area contributed by atoms with Gasteiger partial charge in [0.05, 0.1) is 36.2 Å². The highest BCUT2D eigenvalue weighted by molar-refractivity contribution is 6.30. The van der Waals surface area contributed by atoms with Gasteiger partial charge in [-0.1, -0.05) is 47.0 Å². The average Bonchev–Trinajstić information content (AvgIpc) is 4.06. The number of fused-ring (bicyclic) bond motifs is 4. The number of rotatable bonds is 8. The van der Waals surface area contributed by atoms with E-state index in [0.29, 0.717) is 58.5 Å². The Morgan fingerprint density at radius 1 is 0.656 bits per heavy atom. The van der Waals surface area contributed by atoms with Crippen LogP contribution in [0.4, 0.5) is 23.4 Å². The summed E-state index contributed by atoms with van der Waals surface area (Å²) in [5, 5.41) is 12.2. The minimum absolute atomic E-state index is 0.0890. The summed E-state index contributed by atoms with van der Waals surface area (Å²) in [5.74, 6) is -0.301. The van der Waals surface area contributed by atoms with Crippen LogP contribution in [0, 0.1) is 23.3 Å². The van der Waals surface area contributed by atoms with Gasteiger partial charge in [-0.25, -0.2) is 32.0 Å². The number of allylic oxidation sites excluding steroid dienone is 2. The zero-order chi connectivity index (χ0) is 42.6. The molecule has 2 aliphatic rings. The zero-order valence-corrected chi connectivity index (χ0v) is 33.9. The molecule has 0 spiro atoms. The Balaban J connectivity index is 0.000000140. The monoisotopic (exact) mass is 842 g/mol. The van der Waals surface area contributed by atoms with Gasteiger partial charge in [0, 0.05) is 54.3 Å². The Bertz CT molecular complexity index is 2980. The van der Waals surface area contributed by atoms with Crippen molar-refractivity contribution in [2.24, 2.45) is 5.73 Å². The molecule has 0 radical (unpaired) electrons. The second kappa shape index (κ2) is 17.8. The highest BCUT2D eigenvalue weighted by Gasteiger charge is 2.22. The van der Waals surface area contributed by atoms with Gasteiger partial charge in [-0.2, -0.15) is 14.7 Å². The molecule has 0 saturated heterocycles. The van der Waals surface area contributed by atoms with Crippen molar-refractivity contribution in [3.05, 3.63) is 172 Å². The molecule has 0 saturated carbocycles. The van der Waals surface area contributed by atoms with Crippen molar-refractivity contribution in [3.8, 4) is 22.5 Å². The summed E-state index contributed by atoms with van der Waals surface area (Å²) in [5.41, 5.74) is 17.7. The number of nitrogens with one attached hydrogen (secondary N) is 1. The zero-order valence-electron chi connectivity index (χ0n) is 33.2. The molecule has 6 aromatic heterocycles. The molecule has 61 heavy (non-hydrogen) atoms. The number of aromatic nitrogens is 8. The molecule has 0 amide bonds. The first-order valence-electron chi connectivity index (χ1n) is 19.5. The van der Waals surface area contributed by atoms with Gasteiger partial charge < -0.3 is 11.1 Å². The number of nitrogens with two attached hydrogens (primary N) is 1. The van der Waals surface area contributed by atoms with Gasteiger partial charge in [0.1, 0.15) is 34.2 Å².